The van der Waals surface area contributed by atoms with Crippen LogP contribution in [0.3, 0.4) is 0 Å². The Hall–Kier alpha value is -2.16. The largest absolute Gasteiger partial charge is 0.442 e. The zero-order valence-corrected chi connectivity index (χ0v) is 15.0. The number of thiazole rings is 1. The highest BCUT2D eigenvalue weighted by atomic mass is 32.1. The van der Waals surface area contributed by atoms with Gasteiger partial charge in [-0.2, -0.15) is 0 Å². The first-order valence-corrected chi connectivity index (χ1v) is 9.67. The van der Waals surface area contributed by atoms with Gasteiger partial charge < -0.3 is 14.4 Å². The van der Waals surface area contributed by atoms with Crippen molar-refractivity contribution >= 4 is 49.1 Å². The molecule has 1 unspecified atom stereocenters. The van der Waals surface area contributed by atoms with Gasteiger partial charge in [0.1, 0.15) is 6.10 Å². The number of aromatic nitrogens is 1. The van der Waals surface area contributed by atoms with Gasteiger partial charge in [-0.15, -0.1) is 11.3 Å². The Morgan fingerprint density at radius 3 is 3.08 bits per heavy atom. The van der Waals surface area contributed by atoms with Gasteiger partial charge in [0, 0.05) is 6.54 Å². The Labute approximate surface area is 153 Å². The van der Waals surface area contributed by atoms with Gasteiger partial charge in [0.25, 0.3) is 0 Å². The molecule has 1 aliphatic rings. The van der Waals surface area contributed by atoms with Crippen LogP contribution in [0.4, 0.5) is 14.9 Å². The summed E-state index contributed by atoms with van der Waals surface area (Å²) in [5.74, 6) is 0. The van der Waals surface area contributed by atoms with E-state index in [0.717, 1.165) is 26.9 Å². The minimum Gasteiger partial charge on any atom is -0.442 e. The molecular weight excluding hydrogens is 358 g/mol. The molecule has 1 aromatic carbocycles. The van der Waals surface area contributed by atoms with Gasteiger partial charge in [-0.3, -0.25) is 5.32 Å². The second kappa shape index (κ2) is 7.38. The van der Waals surface area contributed by atoms with E-state index in [1.54, 1.807) is 11.3 Å². The Bertz CT molecular complexity index is 817. The number of ether oxygens (including phenoxy) is 2. The molecule has 1 N–H and O–H groups in total. The number of nitrogens with one attached hydrogen (secondary N) is 1. The maximum absolute atomic E-state index is 12.1. The van der Waals surface area contributed by atoms with E-state index in [1.165, 1.54) is 11.3 Å². The number of fused-ring (bicyclic) bond motifs is 1. The normalized spacial score (nSPS) is 18.1. The average molecular weight is 375 g/mol. The van der Waals surface area contributed by atoms with E-state index in [2.05, 4.69) is 21.3 Å². The molecular formula is C17H17N3O3S2. The Balaban J connectivity index is 1.44. The number of nitrogens with zero attached hydrogens (tertiary/aromatic N) is 2. The summed E-state index contributed by atoms with van der Waals surface area (Å²) in [6, 6.07) is 11.8. The lowest BCUT2D eigenvalue weighted by Crippen LogP contribution is -2.36. The Morgan fingerprint density at radius 1 is 1.32 bits per heavy atom. The van der Waals surface area contributed by atoms with Crippen LogP contribution >= 0.6 is 22.7 Å². The van der Waals surface area contributed by atoms with E-state index in [-0.39, 0.29) is 6.10 Å². The minimum absolute atomic E-state index is 0.338. The molecule has 0 spiro atoms. The Morgan fingerprint density at radius 2 is 2.24 bits per heavy atom. The third-order valence-electron chi connectivity index (χ3n) is 3.81. The smallest absolute Gasteiger partial charge is 0.412 e. The van der Waals surface area contributed by atoms with Crippen molar-refractivity contribution < 1.29 is 14.3 Å². The van der Waals surface area contributed by atoms with Crippen molar-refractivity contribution in [2.24, 2.45) is 0 Å². The number of benzene rings is 1. The number of hydrogen-bond acceptors (Lipinski definition) is 7. The number of thiophene rings is 1. The van der Waals surface area contributed by atoms with Crippen LogP contribution in [0.25, 0.3) is 10.2 Å². The van der Waals surface area contributed by atoms with E-state index in [1.807, 2.05) is 35.7 Å². The maximum Gasteiger partial charge on any atom is 0.412 e. The molecule has 3 aromatic rings. The highest BCUT2D eigenvalue weighted by Gasteiger charge is 2.24. The number of rotatable bonds is 3. The van der Waals surface area contributed by atoms with Crippen molar-refractivity contribution in [3.8, 4) is 0 Å². The molecule has 4 rings (SSSR count). The lowest BCUT2D eigenvalue weighted by atomic mass is 10.3. The molecule has 2 aromatic heterocycles. The fourth-order valence-corrected chi connectivity index (χ4v) is 4.25. The van der Waals surface area contributed by atoms with Crippen LogP contribution < -0.4 is 10.2 Å². The molecule has 25 heavy (non-hydrogen) atoms. The molecule has 3 heterocycles. The monoisotopic (exact) mass is 375 g/mol. The van der Waals surface area contributed by atoms with Gasteiger partial charge in [0.15, 0.2) is 5.13 Å². The molecule has 0 bridgehead atoms. The quantitative estimate of drug-likeness (QED) is 0.754. The van der Waals surface area contributed by atoms with Crippen molar-refractivity contribution in [2.75, 3.05) is 36.5 Å². The van der Waals surface area contributed by atoms with Gasteiger partial charge in [0.05, 0.1) is 35.0 Å². The molecule has 130 valence electrons. The van der Waals surface area contributed by atoms with Crippen LogP contribution in [0.1, 0.15) is 0 Å². The van der Waals surface area contributed by atoms with E-state index >= 15 is 0 Å². The van der Waals surface area contributed by atoms with Crippen LogP contribution in [-0.2, 0) is 9.47 Å². The first-order valence-electron chi connectivity index (χ1n) is 7.97. The number of hydrogen-bond donors (Lipinski definition) is 1. The van der Waals surface area contributed by atoms with Crippen LogP contribution in [-0.4, -0.2) is 43.5 Å². The van der Waals surface area contributed by atoms with Gasteiger partial charge in [-0.1, -0.05) is 23.5 Å². The average Bonchev–Trinajstić information content (AvgIpc) is 3.21. The van der Waals surface area contributed by atoms with Gasteiger partial charge >= 0.3 is 6.09 Å². The van der Waals surface area contributed by atoms with E-state index < -0.39 is 6.09 Å². The second-order valence-corrected chi connectivity index (χ2v) is 7.57. The summed E-state index contributed by atoms with van der Waals surface area (Å²) in [6.45, 7) is 2.27. The number of anilines is 2. The molecule has 0 radical (unpaired) electrons. The summed E-state index contributed by atoms with van der Waals surface area (Å²) in [4.78, 5) is 18.9. The summed E-state index contributed by atoms with van der Waals surface area (Å²) in [5.41, 5.74) is 0.987. The zero-order valence-electron chi connectivity index (χ0n) is 13.4. The highest BCUT2D eigenvalue weighted by molar-refractivity contribution is 7.22. The fraction of sp³-hybridized carbons (Fsp3) is 0.294. The van der Waals surface area contributed by atoms with Gasteiger partial charge in [-0.25, -0.2) is 9.78 Å². The van der Waals surface area contributed by atoms with Crippen molar-refractivity contribution in [3.63, 3.8) is 0 Å². The van der Waals surface area contributed by atoms with E-state index in [0.29, 0.717) is 19.8 Å². The van der Waals surface area contributed by atoms with Crippen molar-refractivity contribution in [3.05, 3.63) is 41.8 Å². The first kappa shape index (κ1) is 16.3. The minimum atomic E-state index is -0.456. The number of para-hydroxylation sites is 1. The number of carbonyl (C=O) groups excluding carboxylic acids is 1. The SMILES string of the molecule is O=C(Nc1cccs1)OC1COCCN(c2nc3ccccc3s2)C1. The molecule has 1 aliphatic heterocycles. The third kappa shape index (κ3) is 3.92. The van der Waals surface area contributed by atoms with Crippen LogP contribution in [0.5, 0.6) is 0 Å². The van der Waals surface area contributed by atoms with Gasteiger partial charge in [-0.05, 0) is 29.6 Å². The molecule has 1 atom stereocenters. The highest BCUT2D eigenvalue weighted by Crippen LogP contribution is 2.29. The summed E-state index contributed by atoms with van der Waals surface area (Å²) in [6.07, 6.45) is -0.795. The second-order valence-electron chi connectivity index (χ2n) is 5.61. The molecule has 0 aliphatic carbocycles. The lowest BCUT2D eigenvalue weighted by Gasteiger charge is -2.22. The molecule has 1 fully saturated rings. The van der Waals surface area contributed by atoms with Crippen molar-refractivity contribution in [1.82, 2.24) is 4.98 Å². The van der Waals surface area contributed by atoms with Crippen LogP contribution in [0.15, 0.2) is 41.8 Å². The molecule has 0 saturated carbocycles. The molecule has 1 saturated heterocycles. The molecule has 8 heteroatoms. The molecule has 1 amide bonds. The summed E-state index contributed by atoms with van der Waals surface area (Å²) < 4.78 is 12.3. The third-order valence-corrected chi connectivity index (χ3v) is 5.69. The summed E-state index contributed by atoms with van der Waals surface area (Å²) >= 11 is 3.10. The maximum atomic E-state index is 12.1. The first-order chi connectivity index (χ1) is 12.3. The Kier molecular flexibility index (Phi) is 4.82. The van der Waals surface area contributed by atoms with Crippen molar-refractivity contribution in [2.45, 2.75) is 6.10 Å². The predicted octanol–water partition coefficient (Wildman–Crippen LogP) is 3.81. The van der Waals surface area contributed by atoms with Crippen molar-refractivity contribution in [1.29, 1.82) is 0 Å². The standard InChI is InChI=1S/C17H17N3O3S2/c21-17(19-15-6-3-9-24-15)23-12-10-20(7-8-22-11-12)16-18-13-4-1-2-5-14(13)25-16/h1-6,9,12H,7-8,10-11H2,(H,19,21). The van der Waals surface area contributed by atoms with Gasteiger partial charge in [0.2, 0.25) is 0 Å². The fourth-order valence-electron chi connectivity index (χ4n) is 2.65. The summed E-state index contributed by atoms with van der Waals surface area (Å²) in [5, 5.41) is 6.33. The van der Waals surface area contributed by atoms with E-state index in [9.17, 15) is 4.79 Å². The van der Waals surface area contributed by atoms with Crippen LogP contribution in [0, 0.1) is 0 Å². The summed E-state index contributed by atoms with van der Waals surface area (Å²) in [7, 11) is 0. The molecule has 6 nitrogen and oxygen atoms in total. The van der Waals surface area contributed by atoms with Crippen LogP contribution in [0.2, 0.25) is 0 Å². The van der Waals surface area contributed by atoms with E-state index in [4.69, 9.17) is 9.47 Å². The topological polar surface area (TPSA) is 63.7 Å². The zero-order chi connectivity index (χ0) is 17.1. The predicted molar refractivity (Wildman–Crippen MR) is 101 cm³/mol. The number of amides is 1. The lowest BCUT2D eigenvalue weighted by molar-refractivity contribution is 0.0444. The number of carbonyl (C=O) groups is 1.